The van der Waals surface area contributed by atoms with Crippen LogP contribution in [0.15, 0.2) is 60.8 Å². The van der Waals surface area contributed by atoms with E-state index in [4.69, 9.17) is 14.2 Å². The number of ether oxygens (including phenoxy) is 3. The first kappa shape index (κ1) is 52.0. The molecule has 0 saturated heterocycles. The van der Waals surface area contributed by atoms with Crippen molar-refractivity contribution in [3.63, 3.8) is 0 Å². The molecule has 0 bridgehead atoms. The van der Waals surface area contributed by atoms with Crippen molar-refractivity contribution in [2.45, 2.75) is 180 Å². The molecule has 2 unspecified atom stereocenters. The number of carboxylic acid groups (broad SMARTS) is 1. The fourth-order valence-corrected chi connectivity index (χ4v) is 6.10. The number of rotatable bonds is 38. The smallest absolute Gasteiger partial charge is 0.362 e. The van der Waals surface area contributed by atoms with Crippen LogP contribution in [-0.2, 0) is 28.6 Å². The highest BCUT2D eigenvalue weighted by Gasteiger charge is 2.31. The van der Waals surface area contributed by atoms with Gasteiger partial charge in [0.05, 0.1) is 34.4 Å². The van der Waals surface area contributed by atoms with E-state index in [0.29, 0.717) is 19.3 Å². The van der Waals surface area contributed by atoms with Crippen LogP contribution in [0, 0.1) is 0 Å². The third kappa shape index (κ3) is 36.4. The molecule has 0 spiro atoms. The number of hydrogen-bond acceptors (Lipinski definition) is 6. The highest BCUT2D eigenvalue weighted by molar-refractivity contribution is 5.72. The molecule has 0 fully saturated rings. The van der Waals surface area contributed by atoms with Crippen molar-refractivity contribution in [1.29, 1.82) is 0 Å². The maximum absolute atomic E-state index is 12.7. The maximum atomic E-state index is 12.7. The zero-order valence-corrected chi connectivity index (χ0v) is 35.9. The van der Waals surface area contributed by atoms with Gasteiger partial charge in [0.2, 0.25) is 0 Å². The number of aliphatic carboxylic acids is 1. The molecule has 0 amide bonds. The molecule has 0 aromatic rings. The number of carboxylic acids is 1. The molecule has 0 aromatic heterocycles. The van der Waals surface area contributed by atoms with E-state index < -0.39 is 18.1 Å². The van der Waals surface area contributed by atoms with Gasteiger partial charge in [-0.2, -0.15) is 0 Å². The number of esters is 2. The fraction of sp³-hybridized carbons (Fsp3) is 0.723. The van der Waals surface area contributed by atoms with Crippen LogP contribution in [0.3, 0.4) is 0 Å². The van der Waals surface area contributed by atoms with Crippen molar-refractivity contribution in [3.8, 4) is 0 Å². The van der Waals surface area contributed by atoms with E-state index in [9.17, 15) is 19.5 Å². The number of carbonyl (C=O) groups is 3. The van der Waals surface area contributed by atoms with Gasteiger partial charge in [-0.1, -0.05) is 152 Å². The second-order valence-electron chi connectivity index (χ2n) is 15.7. The van der Waals surface area contributed by atoms with Gasteiger partial charge in [-0.15, -0.1) is 0 Å². The predicted octanol–water partition coefficient (Wildman–Crippen LogP) is 11.8. The summed E-state index contributed by atoms with van der Waals surface area (Å²) in [7, 11) is 5.51. The van der Waals surface area contributed by atoms with Gasteiger partial charge >= 0.3 is 17.9 Å². The molecular formula is C47H82NO7+. The van der Waals surface area contributed by atoms with E-state index in [0.717, 1.165) is 77.0 Å². The van der Waals surface area contributed by atoms with E-state index in [2.05, 4.69) is 44.2 Å². The van der Waals surface area contributed by atoms with Crippen molar-refractivity contribution < 1.29 is 38.2 Å². The number of unbranched alkanes of at least 4 members (excludes halogenated alkanes) is 17. The van der Waals surface area contributed by atoms with Crippen LogP contribution in [-0.4, -0.2) is 80.6 Å². The van der Waals surface area contributed by atoms with Crippen molar-refractivity contribution in [3.05, 3.63) is 60.8 Å². The van der Waals surface area contributed by atoms with E-state index >= 15 is 0 Å². The largest absolute Gasteiger partial charge is 0.477 e. The first-order chi connectivity index (χ1) is 26.6. The highest BCUT2D eigenvalue weighted by atomic mass is 16.6. The number of likely N-dealkylation sites (N-methyl/N-ethyl adjacent to an activating group) is 1. The average molecular weight is 773 g/mol. The minimum atomic E-state index is -0.883. The third-order valence-corrected chi connectivity index (χ3v) is 9.50. The summed E-state index contributed by atoms with van der Waals surface area (Å²) in [5, 5.41) is 9.61. The summed E-state index contributed by atoms with van der Waals surface area (Å²) in [5.41, 5.74) is 0. The molecule has 316 valence electrons. The Bertz CT molecular complexity index is 1090. The highest BCUT2D eigenvalue weighted by Crippen LogP contribution is 2.13. The molecule has 0 radical (unpaired) electrons. The Labute approximate surface area is 337 Å². The van der Waals surface area contributed by atoms with Gasteiger partial charge in [-0.3, -0.25) is 9.59 Å². The first-order valence-corrected chi connectivity index (χ1v) is 21.9. The number of hydrogen-bond donors (Lipinski definition) is 1. The van der Waals surface area contributed by atoms with Crippen LogP contribution in [0.2, 0.25) is 0 Å². The van der Waals surface area contributed by atoms with E-state index in [1.165, 1.54) is 57.8 Å². The molecule has 1 N–H and O–H groups in total. The Morgan fingerprint density at radius 3 is 1.56 bits per heavy atom. The summed E-state index contributed by atoms with van der Waals surface area (Å²) in [6.45, 7) is 4.55. The van der Waals surface area contributed by atoms with Gasteiger partial charge in [-0.05, 0) is 57.8 Å². The molecule has 0 rings (SSSR count). The van der Waals surface area contributed by atoms with Crippen molar-refractivity contribution >= 4 is 17.9 Å². The summed E-state index contributed by atoms with van der Waals surface area (Å²) in [6.07, 6.45) is 45.4. The van der Waals surface area contributed by atoms with Crippen LogP contribution >= 0.6 is 0 Å². The molecule has 0 aromatic carbocycles. The van der Waals surface area contributed by atoms with Crippen LogP contribution in [0.5, 0.6) is 0 Å². The molecule has 0 aliphatic carbocycles. The monoisotopic (exact) mass is 773 g/mol. The lowest BCUT2D eigenvalue weighted by Gasteiger charge is -2.31. The van der Waals surface area contributed by atoms with Gasteiger partial charge in [-0.25, -0.2) is 4.79 Å². The Hall–Kier alpha value is -2.97. The minimum absolute atomic E-state index is 0.0465. The summed E-state index contributed by atoms with van der Waals surface area (Å²) in [4.78, 5) is 37.0. The molecule has 2 atom stereocenters. The lowest BCUT2D eigenvalue weighted by molar-refractivity contribution is -0.887. The third-order valence-electron chi connectivity index (χ3n) is 9.50. The lowest BCUT2D eigenvalue weighted by atomic mass is 10.1. The molecule has 55 heavy (non-hydrogen) atoms. The summed E-state index contributed by atoms with van der Waals surface area (Å²) < 4.78 is 17.2. The molecule has 8 heteroatoms. The van der Waals surface area contributed by atoms with Crippen molar-refractivity contribution in [1.82, 2.24) is 0 Å². The molecule has 0 aliphatic heterocycles. The number of quaternary nitrogens is 1. The second kappa shape index (κ2) is 37.9. The molecular weight excluding hydrogens is 691 g/mol. The summed E-state index contributed by atoms with van der Waals surface area (Å²) in [6, 6.07) is -0.622. The molecule has 0 saturated carbocycles. The standard InChI is InChI=1S/C47H81NO7/c1-6-8-10-12-14-16-18-20-22-24-25-27-29-31-33-35-37-45(49)54-42-43(41-53-40-39-44(47(51)52)48(3,4)5)55-46(50)38-36-34-32-30-28-26-23-21-19-17-15-13-11-9-7-2/h9,11,13,15,17,19,21-24,43-44H,6-8,10,12,14,16,18,20,25-42H2,1-5H3/p+1/b11-9+,15-13+,19-17+,23-21+,24-22+. The van der Waals surface area contributed by atoms with E-state index in [1.807, 2.05) is 51.5 Å². The van der Waals surface area contributed by atoms with Crippen LogP contribution < -0.4 is 0 Å². The van der Waals surface area contributed by atoms with Crippen molar-refractivity contribution in [2.24, 2.45) is 0 Å². The van der Waals surface area contributed by atoms with Gasteiger partial charge < -0.3 is 23.8 Å². The average Bonchev–Trinajstić information content (AvgIpc) is 3.14. The molecule has 8 nitrogen and oxygen atoms in total. The second-order valence-corrected chi connectivity index (χ2v) is 15.7. The summed E-state index contributed by atoms with van der Waals surface area (Å²) in [5.74, 6) is -1.51. The number of allylic oxidation sites excluding steroid dienone is 10. The topological polar surface area (TPSA) is 99.1 Å². The SMILES string of the molecule is CC/C=C/C=C/C=C/C=C/CCCCCCCC(=O)OC(COCCC(C(=O)O)[N+](C)(C)C)COC(=O)CCCCCCC/C=C/CCCCCCCCC. The van der Waals surface area contributed by atoms with Gasteiger partial charge in [0.15, 0.2) is 12.1 Å². The lowest BCUT2D eigenvalue weighted by Crippen LogP contribution is -2.50. The minimum Gasteiger partial charge on any atom is -0.477 e. The fourth-order valence-electron chi connectivity index (χ4n) is 6.10. The van der Waals surface area contributed by atoms with Gasteiger partial charge in [0.25, 0.3) is 0 Å². The molecule has 0 aliphatic rings. The Balaban J connectivity index is 4.41. The Morgan fingerprint density at radius 1 is 0.564 bits per heavy atom. The predicted molar refractivity (Wildman–Crippen MR) is 229 cm³/mol. The summed E-state index contributed by atoms with van der Waals surface area (Å²) >= 11 is 0. The van der Waals surface area contributed by atoms with Gasteiger partial charge in [0.1, 0.15) is 6.61 Å². The first-order valence-electron chi connectivity index (χ1n) is 21.9. The van der Waals surface area contributed by atoms with Crippen LogP contribution in [0.1, 0.15) is 168 Å². The quantitative estimate of drug-likeness (QED) is 0.0219. The van der Waals surface area contributed by atoms with E-state index in [1.54, 1.807) is 0 Å². The number of carbonyl (C=O) groups excluding carboxylic acids is 2. The number of nitrogens with zero attached hydrogens (tertiary/aromatic N) is 1. The maximum Gasteiger partial charge on any atom is 0.362 e. The van der Waals surface area contributed by atoms with Crippen LogP contribution in [0.4, 0.5) is 0 Å². The van der Waals surface area contributed by atoms with Gasteiger partial charge in [0, 0.05) is 19.3 Å². The zero-order chi connectivity index (χ0) is 40.7. The van der Waals surface area contributed by atoms with E-state index in [-0.39, 0.29) is 36.2 Å². The Morgan fingerprint density at radius 2 is 1.04 bits per heavy atom. The van der Waals surface area contributed by atoms with Crippen molar-refractivity contribution in [2.75, 3.05) is 41.0 Å². The zero-order valence-electron chi connectivity index (χ0n) is 35.9. The van der Waals surface area contributed by atoms with Crippen LogP contribution in [0.25, 0.3) is 0 Å². The normalized spacial score (nSPS) is 13.5. The Kier molecular flexibility index (Phi) is 35.9. The molecule has 0 heterocycles.